The average Bonchev–Trinajstić information content (AvgIpc) is 2.61. The average molecular weight is 420 g/mol. The van der Waals surface area contributed by atoms with Crippen molar-refractivity contribution in [3.05, 3.63) is 61.7 Å². The molecule has 0 spiro atoms. The van der Waals surface area contributed by atoms with Gasteiger partial charge in [-0.2, -0.15) is 13.2 Å². The van der Waals surface area contributed by atoms with Crippen molar-refractivity contribution in [2.45, 2.75) is 13.1 Å². The van der Waals surface area contributed by atoms with Crippen molar-refractivity contribution in [2.24, 2.45) is 0 Å². The minimum absolute atomic E-state index is 0.149. The number of nitrogens with zero attached hydrogens (tertiary/aromatic N) is 2. The number of halogens is 3. The Morgan fingerprint density at radius 2 is 1.61 bits per heavy atom. The van der Waals surface area contributed by atoms with Crippen molar-refractivity contribution < 1.29 is 36.8 Å². The number of hydrogen-bond acceptors (Lipinski definition) is 7. The molecule has 2 rings (SSSR count). The summed E-state index contributed by atoms with van der Waals surface area (Å²) in [6.07, 6.45) is -4.79. The molecule has 0 N–H and O–H groups in total. The number of ether oxygens (including phenoxy) is 1. The first-order valence-electron chi connectivity index (χ1n) is 7.36. The number of benzene rings is 2. The van der Waals surface area contributed by atoms with Crippen molar-refractivity contribution >= 4 is 24.7 Å². The summed E-state index contributed by atoms with van der Waals surface area (Å²) in [6.45, 7) is 1.38. The zero-order valence-electron chi connectivity index (χ0n) is 14.3. The molecular formula is C15H12F3N2O7P. The predicted molar refractivity (Wildman–Crippen MR) is 91.7 cm³/mol. The lowest BCUT2D eigenvalue weighted by molar-refractivity contribution is -0.385. The maximum absolute atomic E-state index is 12.8. The van der Waals surface area contributed by atoms with E-state index in [1.54, 1.807) is 0 Å². The molecule has 9 nitrogen and oxygen atoms in total. The van der Waals surface area contributed by atoms with Gasteiger partial charge >= 0.3 is 11.9 Å². The Morgan fingerprint density at radius 1 is 1.00 bits per heavy atom. The van der Waals surface area contributed by atoms with Crippen LogP contribution in [0.4, 0.5) is 24.5 Å². The van der Waals surface area contributed by atoms with Gasteiger partial charge in [-0.05, 0) is 24.6 Å². The van der Waals surface area contributed by atoms with E-state index in [0.29, 0.717) is 12.1 Å². The van der Waals surface area contributed by atoms with E-state index in [1.807, 2.05) is 0 Å². The number of nitro benzene ring substituents is 2. The van der Waals surface area contributed by atoms with E-state index in [0.717, 1.165) is 25.3 Å². The lowest BCUT2D eigenvalue weighted by atomic mass is 10.1. The molecule has 0 aliphatic rings. The Kier molecular flexibility index (Phi) is 6.05. The van der Waals surface area contributed by atoms with Gasteiger partial charge in [-0.1, -0.05) is 0 Å². The number of alkyl halides is 3. The molecule has 2 aromatic carbocycles. The number of aryl methyl sites for hydroxylation is 1. The van der Waals surface area contributed by atoms with Crippen molar-refractivity contribution in [1.82, 2.24) is 0 Å². The molecule has 0 saturated heterocycles. The predicted octanol–water partition coefficient (Wildman–Crippen LogP) is 4.37. The fourth-order valence-electron chi connectivity index (χ4n) is 2.25. The first-order valence-corrected chi connectivity index (χ1v) is 8.68. The maximum atomic E-state index is 12.8. The molecule has 1 unspecified atom stereocenters. The van der Waals surface area contributed by atoms with Gasteiger partial charge in [-0.15, -0.1) is 0 Å². The Morgan fingerprint density at radius 3 is 2.11 bits per heavy atom. The second-order valence-corrected chi connectivity index (χ2v) is 6.94. The highest BCUT2D eigenvalue weighted by Crippen LogP contribution is 2.39. The normalized spacial score (nSPS) is 12.5. The van der Waals surface area contributed by atoms with E-state index < -0.39 is 46.7 Å². The first-order chi connectivity index (χ1) is 13.0. The summed E-state index contributed by atoms with van der Waals surface area (Å²) in [5, 5.41) is 22.0. The monoisotopic (exact) mass is 420 g/mol. The second kappa shape index (κ2) is 7.95. The van der Waals surface area contributed by atoms with Crippen LogP contribution in [0.1, 0.15) is 11.1 Å². The van der Waals surface area contributed by atoms with Crippen LogP contribution in [-0.2, 0) is 15.3 Å². The van der Waals surface area contributed by atoms with Crippen LogP contribution in [0.3, 0.4) is 0 Å². The summed E-state index contributed by atoms with van der Waals surface area (Å²) in [5.74, 6) is -0.670. The molecule has 150 valence electrons. The highest BCUT2D eigenvalue weighted by Gasteiger charge is 2.33. The molecule has 2 aromatic rings. The van der Waals surface area contributed by atoms with Crippen LogP contribution in [-0.4, -0.2) is 17.0 Å². The maximum Gasteiger partial charge on any atom is 0.416 e. The second-order valence-electron chi connectivity index (χ2n) is 5.42. The van der Waals surface area contributed by atoms with Gasteiger partial charge in [0.1, 0.15) is 11.1 Å². The molecule has 0 aliphatic carbocycles. The van der Waals surface area contributed by atoms with Crippen LogP contribution < -0.4 is 10.0 Å². The van der Waals surface area contributed by atoms with Crippen LogP contribution in [0, 0.1) is 27.2 Å². The molecule has 0 bridgehead atoms. The van der Waals surface area contributed by atoms with Gasteiger partial charge in [0, 0.05) is 25.3 Å². The summed E-state index contributed by atoms with van der Waals surface area (Å²) in [6, 6.07) is 3.72. The zero-order chi connectivity index (χ0) is 21.2. The summed E-state index contributed by atoms with van der Waals surface area (Å²) < 4.78 is 60.3. The molecule has 13 heteroatoms. The molecule has 0 aromatic heterocycles. The third-order valence-electron chi connectivity index (χ3n) is 3.60. The quantitative estimate of drug-likeness (QED) is 0.386. The molecule has 1 atom stereocenters. The van der Waals surface area contributed by atoms with Crippen LogP contribution in [0.15, 0.2) is 30.3 Å². The Hall–Kier alpha value is -2.98. The van der Waals surface area contributed by atoms with Crippen molar-refractivity contribution in [3.8, 4) is 11.5 Å². The molecule has 0 fully saturated rings. The highest BCUT2D eigenvalue weighted by atomic mass is 31.1. The Labute approximate surface area is 155 Å². The fraction of sp³-hybridized carbons (Fsp3) is 0.200. The van der Waals surface area contributed by atoms with E-state index in [2.05, 4.69) is 4.52 Å². The molecular weight excluding hydrogens is 408 g/mol. The van der Waals surface area contributed by atoms with E-state index in [4.69, 9.17) is 4.74 Å². The summed E-state index contributed by atoms with van der Waals surface area (Å²) >= 11 is 0. The van der Waals surface area contributed by atoms with E-state index in [1.165, 1.54) is 6.92 Å². The lowest BCUT2D eigenvalue weighted by Gasteiger charge is -2.13. The first kappa shape index (κ1) is 21.3. The van der Waals surface area contributed by atoms with Crippen LogP contribution in [0.5, 0.6) is 11.5 Å². The van der Waals surface area contributed by atoms with Gasteiger partial charge in [0.2, 0.25) is 13.8 Å². The third kappa shape index (κ3) is 4.46. The lowest BCUT2D eigenvalue weighted by Crippen LogP contribution is -2.09. The topological polar surface area (TPSA) is 122 Å². The molecule has 0 amide bonds. The van der Waals surface area contributed by atoms with Crippen molar-refractivity contribution in [2.75, 3.05) is 7.11 Å². The Balaban J connectivity index is 2.58. The van der Waals surface area contributed by atoms with Crippen LogP contribution in [0.2, 0.25) is 0 Å². The SMILES string of the molecule is CO[PH](=O)c1cc(Oc2ccc(C(F)(F)F)cc2[N+](=O)[O-])c(C)cc1[N+](=O)[O-]. The minimum atomic E-state index is -4.79. The largest absolute Gasteiger partial charge is 0.450 e. The third-order valence-corrected chi connectivity index (χ3v) is 4.81. The summed E-state index contributed by atoms with van der Waals surface area (Å²) in [4.78, 5) is 20.4. The molecule has 0 radical (unpaired) electrons. The van der Waals surface area contributed by atoms with Crippen LogP contribution >= 0.6 is 8.03 Å². The summed E-state index contributed by atoms with van der Waals surface area (Å²) in [7, 11) is -1.94. The smallest absolute Gasteiger partial charge is 0.416 e. The Bertz CT molecular complexity index is 979. The number of rotatable bonds is 6. The standard InChI is InChI=1S/C15H12F3N2O7P/c1-8-5-11(20(23)24)14(28(25)26-2)7-13(8)27-12-4-3-9(15(16,17)18)6-10(12)19(21)22/h3-7,28H,1-2H3. The van der Waals surface area contributed by atoms with Gasteiger partial charge < -0.3 is 9.26 Å². The van der Waals surface area contributed by atoms with Crippen molar-refractivity contribution in [1.29, 1.82) is 0 Å². The fourth-order valence-corrected chi connectivity index (χ4v) is 3.09. The van der Waals surface area contributed by atoms with Gasteiger partial charge in [0.05, 0.1) is 15.4 Å². The molecule has 28 heavy (non-hydrogen) atoms. The van der Waals surface area contributed by atoms with E-state index in [-0.39, 0.29) is 16.6 Å². The van der Waals surface area contributed by atoms with E-state index in [9.17, 15) is 38.0 Å². The number of hydrogen-bond donors (Lipinski definition) is 0. The molecule has 0 heterocycles. The number of nitro groups is 2. The highest BCUT2D eigenvalue weighted by molar-refractivity contribution is 7.48. The van der Waals surface area contributed by atoms with Gasteiger partial charge in [-0.25, -0.2) is 0 Å². The molecule has 0 saturated carbocycles. The van der Waals surface area contributed by atoms with Crippen molar-refractivity contribution in [3.63, 3.8) is 0 Å². The molecule has 0 aliphatic heterocycles. The zero-order valence-corrected chi connectivity index (χ0v) is 15.3. The van der Waals surface area contributed by atoms with Gasteiger partial charge in [-0.3, -0.25) is 24.8 Å². The van der Waals surface area contributed by atoms with Crippen LogP contribution in [0.25, 0.3) is 0 Å². The van der Waals surface area contributed by atoms with Gasteiger partial charge in [0.15, 0.2) is 0 Å². The van der Waals surface area contributed by atoms with E-state index >= 15 is 0 Å². The van der Waals surface area contributed by atoms with Gasteiger partial charge in [0.25, 0.3) is 5.69 Å². The minimum Gasteiger partial charge on any atom is -0.450 e. The summed E-state index contributed by atoms with van der Waals surface area (Å²) in [5.41, 5.74) is -2.54.